The molecule has 2 aliphatic heterocycles. The van der Waals surface area contributed by atoms with Crippen molar-refractivity contribution < 1.29 is 4.74 Å². The van der Waals surface area contributed by atoms with E-state index in [4.69, 9.17) is 9.72 Å². The van der Waals surface area contributed by atoms with Crippen LogP contribution >= 0.6 is 0 Å². The van der Waals surface area contributed by atoms with Crippen LogP contribution in [0.15, 0.2) is 18.3 Å². The number of rotatable bonds is 7. The number of anilines is 3. The number of piperidine rings is 1. The number of nitrogens with one attached hydrogen (secondary N) is 1. The minimum atomic E-state index is 0.510. The van der Waals surface area contributed by atoms with E-state index in [0.717, 1.165) is 88.7 Å². The Hall–Kier alpha value is -2.52. The Morgan fingerprint density at radius 2 is 1.90 bits per heavy atom. The highest BCUT2D eigenvalue weighted by atomic mass is 16.5. The predicted octanol–water partition coefficient (Wildman–Crippen LogP) is 1.77. The van der Waals surface area contributed by atoms with Gasteiger partial charge in [-0.1, -0.05) is 0 Å². The summed E-state index contributed by atoms with van der Waals surface area (Å²) in [5, 5.41) is 3.14. The zero-order chi connectivity index (χ0) is 21.6. The summed E-state index contributed by atoms with van der Waals surface area (Å²) in [4.78, 5) is 25.3. The van der Waals surface area contributed by atoms with E-state index in [0.29, 0.717) is 5.92 Å². The van der Waals surface area contributed by atoms with Gasteiger partial charge in [0.25, 0.3) is 0 Å². The van der Waals surface area contributed by atoms with Crippen molar-refractivity contribution in [2.45, 2.75) is 25.7 Å². The fraction of sp³-hybridized carbons (Fsp3) is 0.636. The normalized spacial score (nSPS) is 18.2. The summed E-state index contributed by atoms with van der Waals surface area (Å²) in [5.41, 5.74) is 1.17. The van der Waals surface area contributed by atoms with E-state index in [1.54, 1.807) is 0 Å². The lowest BCUT2D eigenvalue weighted by atomic mass is 9.93. The SMILES string of the molecule is CNc1cc(C2CCN(CCN(C)c3nccc(N4CCOCC4)n3)CC2)nc(C)n1. The molecule has 2 fully saturated rings. The molecule has 0 unspecified atom stereocenters. The molecule has 0 saturated carbocycles. The van der Waals surface area contributed by atoms with Crippen molar-refractivity contribution in [2.75, 3.05) is 81.7 Å². The van der Waals surface area contributed by atoms with Gasteiger partial charge in [-0.15, -0.1) is 0 Å². The first kappa shape index (κ1) is 21.7. The zero-order valence-corrected chi connectivity index (χ0v) is 18.9. The van der Waals surface area contributed by atoms with Crippen LogP contribution in [0.4, 0.5) is 17.6 Å². The summed E-state index contributed by atoms with van der Waals surface area (Å²) >= 11 is 0. The van der Waals surface area contributed by atoms with E-state index in [9.17, 15) is 0 Å². The molecule has 1 N–H and O–H groups in total. The second-order valence-electron chi connectivity index (χ2n) is 8.33. The molecule has 168 valence electrons. The maximum absolute atomic E-state index is 5.45. The lowest BCUT2D eigenvalue weighted by molar-refractivity contribution is 0.122. The Kier molecular flexibility index (Phi) is 7.14. The van der Waals surface area contributed by atoms with Crippen LogP contribution in [-0.4, -0.2) is 91.4 Å². The second kappa shape index (κ2) is 10.2. The molecule has 0 spiro atoms. The summed E-state index contributed by atoms with van der Waals surface area (Å²) < 4.78 is 5.45. The molecular weight excluding hydrogens is 392 g/mol. The van der Waals surface area contributed by atoms with Crippen LogP contribution in [0.25, 0.3) is 0 Å². The van der Waals surface area contributed by atoms with Gasteiger partial charge in [-0.25, -0.2) is 15.0 Å². The number of hydrogen-bond acceptors (Lipinski definition) is 9. The van der Waals surface area contributed by atoms with Gasteiger partial charge in [-0.3, -0.25) is 0 Å². The maximum Gasteiger partial charge on any atom is 0.227 e. The van der Waals surface area contributed by atoms with Gasteiger partial charge >= 0.3 is 0 Å². The summed E-state index contributed by atoms with van der Waals surface area (Å²) in [6.07, 6.45) is 4.12. The van der Waals surface area contributed by atoms with E-state index in [1.165, 1.54) is 5.69 Å². The molecule has 0 amide bonds. The lowest BCUT2D eigenvalue weighted by Gasteiger charge is -2.33. The number of aromatic nitrogens is 4. The third-order valence-corrected chi connectivity index (χ3v) is 6.18. The molecule has 9 heteroatoms. The van der Waals surface area contributed by atoms with E-state index in [-0.39, 0.29) is 0 Å². The van der Waals surface area contributed by atoms with Crippen LogP contribution in [0, 0.1) is 6.92 Å². The molecule has 2 aromatic rings. The van der Waals surface area contributed by atoms with Gasteiger partial charge in [0.05, 0.1) is 13.2 Å². The first-order chi connectivity index (χ1) is 15.1. The first-order valence-electron chi connectivity index (χ1n) is 11.2. The Morgan fingerprint density at radius 1 is 1.13 bits per heavy atom. The summed E-state index contributed by atoms with van der Waals surface area (Å²) in [6, 6.07) is 4.08. The van der Waals surface area contributed by atoms with Crippen molar-refractivity contribution in [3.8, 4) is 0 Å². The van der Waals surface area contributed by atoms with Crippen molar-refractivity contribution in [1.29, 1.82) is 0 Å². The summed E-state index contributed by atoms with van der Waals surface area (Å²) in [7, 11) is 3.99. The third kappa shape index (κ3) is 5.59. The number of ether oxygens (including phenoxy) is 1. The Labute approximate surface area is 184 Å². The van der Waals surface area contributed by atoms with Gasteiger partial charge in [0.1, 0.15) is 17.5 Å². The Balaban J connectivity index is 1.27. The van der Waals surface area contributed by atoms with E-state index in [2.05, 4.69) is 48.1 Å². The topological polar surface area (TPSA) is 82.5 Å². The van der Waals surface area contributed by atoms with Crippen molar-refractivity contribution in [3.63, 3.8) is 0 Å². The third-order valence-electron chi connectivity index (χ3n) is 6.18. The largest absolute Gasteiger partial charge is 0.378 e. The van der Waals surface area contributed by atoms with Crippen LogP contribution in [-0.2, 0) is 4.74 Å². The molecule has 0 bridgehead atoms. The average molecular weight is 427 g/mol. The molecule has 2 aliphatic rings. The highest BCUT2D eigenvalue weighted by Crippen LogP contribution is 2.28. The van der Waals surface area contributed by atoms with Gasteiger partial charge in [-0.05, 0) is 38.9 Å². The van der Waals surface area contributed by atoms with Crippen molar-refractivity contribution in [3.05, 3.63) is 29.8 Å². The molecule has 4 heterocycles. The number of hydrogen-bond donors (Lipinski definition) is 1. The minimum absolute atomic E-state index is 0.510. The fourth-order valence-electron chi connectivity index (χ4n) is 4.26. The predicted molar refractivity (Wildman–Crippen MR) is 123 cm³/mol. The van der Waals surface area contributed by atoms with E-state index in [1.807, 2.05) is 26.2 Å². The first-order valence-corrected chi connectivity index (χ1v) is 11.2. The Morgan fingerprint density at radius 3 is 2.65 bits per heavy atom. The number of likely N-dealkylation sites (N-methyl/N-ethyl adjacent to an activating group) is 1. The highest BCUT2D eigenvalue weighted by Gasteiger charge is 2.23. The van der Waals surface area contributed by atoms with Gasteiger partial charge in [0, 0.05) is 64.1 Å². The standard InChI is InChI=1S/C22H34N8O/c1-17-25-19(16-20(23-2)26-17)18-5-8-29(9-6-18)11-10-28(3)22-24-7-4-21(27-22)30-12-14-31-15-13-30/h4,7,16,18H,5-6,8-15H2,1-3H3,(H,23,25,26). The smallest absolute Gasteiger partial charge is 0.227 e. The summed E-state index contributed by atoms with van der Waals surface area (Å²) in [5.74, 6) is 4.03. The van der Waals surface area contributed by atoms with Gasteiger partial charge in [0.15, 0.2) is 0 Å². The highest BCUT2D eigenvalue weighted by molar-refractivity contribution is 5.43. The molecule has 4 rings (SSSR count). The monoisotopic (exact) mass is 426 g/mol. The van der Waals surface area contributed by atoms with Crippen LogP contribution in [0.2, 0.25) is 0 Å². The van der Waals surface area contributed by atoms with Crippen LogP contribution in [0.5, 0.6) is 0 Å². The Bertz CT molecular complexity index is 849. The fourth-order valence-corrected chi connectivity index (χ4v) is 4.26. The van der Waals surface area contributed by atoms with Crippen LogP contribution < -0.4 is 15.1 Å². The molecule has 2 saturated heterocycles. The van der Waals surface area contributed by atoms with Gasteiger partial charge < -0.3 is 24.8 Å². The number of aryl methyl sites for hydroxylation is 1. The molecule has 2 aromatic heterocycles. The minimum Gasteiger partial charge on any atom is -0.378 e. The van der Waals surface area contributed by atoms with E-state index < -0.39 is 0 Å². The summed E-state index contributed by atoms with van der Waals surface area (Å²) in [6.45, 7) is 9.36. The molecule has 0 aromatic carbocycles. The van der Waals surface area contributed by atoms with Crippen LogP contribution in [0.3, 0.4) is 0 Å². The molecular formula is C22H34N8O. The average Bonchev–Trinajstić information content (AvgIpc) is 2.83. The number of likely N-dealkylation sites (tertiary alicyclic amines) is 1. The van der Waals surface area contributed by atoms with Gasteiger partial charge in [0.2, 0.25) is 5.95 Å². The maximum atomic E-state index is 5.45. The van der Waals surface area contributed by atoms with Crippen molar-refractivity contribution in [2.24, 2.45) is 0 Å². The quantitative estimate of drug-likeness (QED) is 0.712. The number of nitrogens with zero attached hydrogens (tertiary/aromatic N) is 7. The van der Waals surface area contributed by atoms with Crippen molar-refractivity contribution in [1.82, 2.24) is 24.8 Å². The van der Waals surface area contributed by atoms with Crippen molar-refractivity contribution >= 4 is 17.6 Å². The molecule has 0 atom stereocenters. The lowest BCUT2D eigenvalue weighted by Crippen LogP contribution is -2.39. The second-order valence-corrected chi connectivity index (χ2v) is 8.33. The molecule has 9 nitrogen and oxygen atoms in total. The van der Waals surface area contributed by atoms with Crippen LogP contribution in [0.1, 0.15) is 30.3 Å². The van der Waals surface area contributed by atoms with E-state index >= 15 is 0 Å². The molecule has 31 heavy (non-hydrogen) atoms. The van der Waals surface area contributed by atoms with Gasteiger partial charge in [-0.2, -0.15) is 4.98 Å². The number of morpholine rings is 1. The molecule has 0 radical (unpaired) electrons. The molecule has 0 aliphatic carbocycles. The zero-order valence-electron chi connectivity index (χ0n) is 18.9.